The zero-order chi connectivity index (χ0) is 14.7. The van der Waals surface area contributed by atoms with Crippen LogP contribution >= 0.6 is 11.3 Å². The Morgan fingerprint density at radius 1 is 1.19 bits per heavy atom. The predicted octanol–water partition coefficient (Wildman–Crippen LogP) is 2.47. The molecule has 0 saturated heterocycles. The van der Waals surface area contributed by atoms with Crippen LogP contribution in [-0.2, 0) is 6.54 Å². The summed E-state index contributed by atoms with van der Waals surface area (Å²) in [5, 5.41) is 14.5. The maximum Gasteiger partial charge on any atom is 0.214 e. The van der Waals surface area contributed by atoms with Crippen LogP contribution in [0.1, 0.15) is 5.56 Å². The molecule has 0 fully saturated rings. The average molecular weight is 302 g/mol. The molecule has 0 amide bonds. The summed E-state index contributed by atoms with van der Waals surface area (Å²) >= 11 is 1.59. The SMILES string of the molecule is COc1ccc(OC)c(Cn2nnc(-c3cccs3)n2)c1. The van der Waals surface area contributed by atoms with Crippen molar-refractivity contribution in [2.24, 2.45) is 0 Å². The van der Waals surface area contributed by atoms with Crippen LogP contribution in [-0.4, -0.2) is 34.4 Å². The number of aromatic nitrogens is 4. The fourth-order valence-corrected chi connectivity index (χ4v) is 2.62. The number of nitrogens with zero attached hydrogens (tertiary/aromatic N) is 4. The Hall–Kier alpha value is -2.41. The second kappa shape index (κ2) is 5.92. The van der Waals surface area contributed by atoms with Gasteiger partial charge in [0, 0.05) is 5.56 Å². The first kappa shape index (κ1) is 13.6. The van der Waals surface area contributed by atoms with Crippen LogP contribution in [0.2, 0.25) is 0 Å². The molecule has 1 aromatic carbocycles. The highest BCUT2D eigenvalue weighted by atomic mass is 32.1. The van der Waals surface area contributed by atoms with Crippen LogP contribution in [0.4, 0.5) is 0 Å². The third-order valence-electron chi connectivity index (χ3n) is 2.99. The maximum absolute atomic E-state index is 5.35. The molecule has 0 aliphatic heterocycles. The third kappa shape index (κ3) is 2.87. The summed E-state index contributed by atoms with van der Waals surface area (Å²) in [6.07, 6.45) is 0. The lowest BCUT2D eigenvalue weighted by Gasteiger charge is -2.09. The van der Waals surface area contributed by atoms with Crippen molar-refractivity contribution in [1.29, 1.82) is 0 Å². The molecule has 0 aliphatic carbocycles. The minimum atomic E-state index is 0.471. The molecule has 0 atom stereocenters. The topological polar surface area (TPSA) is 62.1 Å². The Kier molecular flexibility index (Phi) is 3.83. The molecule has 3 rings (SSSR count). The van der Waals surface area contributed by atoms with Gasteiger partial charge in [-0.05, 0) is 34.9 Å². The summed E-state index contributed by atoms with van der Waals surface area (Å²) in [4.78, 5) is 2.55. The van der Waals surface area contributed by atoms with Crippen molar-refractivity contribution in [3.63, 3.8) is 0 Å². The molecule has 7 heteroatoms. The van der Waals surface area contributed by atoms with Gasteiger partial charge in [-0.15, -0.1) is 21.5 Å². The quantitative estimate of drug-likeness (QED) is 0.724. The predicted molar refractivity (Wildman–Crippen MR) is 79.8 cm³/mol. The zero-order valence-corrected chi connectivity index (χ0v) is 12.5. The Bertz CT molecular complexity index is 724. The van der Waals surface area contributed by atoms with E-state index in [0.717, 1.165) is 21.9 Å². The second-order valence-electron chi connectivity index (χ2n) is 4.30. The molecule has 0 spiro atoms. The number of methoxy groups -OCH3 is 2. The molecule has 2 aromatic heterocycles. The second-order valence-corrected chi connectivity index (χ2v) is 5.25. The largest absolute Gasteiger partial charge is 0.497 e. The molecular formula is C14H14N4O2S. The molecule has 6 nitrogen and oxygen atoms in total. The van der Waals surface area contributed by atoms with E-state index in [1.165, 1.54) is 0 Å². The fraction of sp³-hybridized carbons (Fsp3) is 0.214. The van der Waals surface area contributed by atoms with Crippen molar-refractivity contribution in [2.75, 3.05) is 14.2 Å². The van der Waals surface area contributed by atoms with E-state index >= 15 is 0 Å². The number of hydrogen-bond acceptors (Lipinski definition) is 6. The fourth-order valence-electron chi connectivity index (χ4n) is 1.97. The lowest BCUT2D eigenvalue weighted by Crippen LogP contribution is -2.06. The monoisotopic (exact) mass is 302 g/mol. The molecule has 2 heterocycles. The summed E-state index contributed by atoms with van der Waals surface area (Å²) in [5.74, 6) is 2.17. The summed E-state index contributed by atoms with van der Waals surface area (Å²) in [6, 6.07) is 9.57. The number of rotatable bonds is 5. The van der Waals surface area contributed by atoms with Crippen molar-refractivity contribution in [2.45, 2.75) is 6.54 Å². The first-order chi connectivity index (χ1) is 10.3. The minimum Gasteiger partial charge on any atom is -0.497 e. The molecule has 3 aromatic rings. The molecular weight excluding hydrogens is 288 g/mol. The first-order valence-corrected chi connectivity index (χ1v) is 7.20. The van der Waals surface area contributed by atoms with E-state index in [1.54, 1.807) is 30.4 Å². The number of ether oxygens (including phenoxy) is 2. The van der Waals surface area contributed by atoms with Gasteiger partial charge in [-0.25, -0.2) is 0 Å². The molecule has 0 bridgehead atoms. The van der Waals surface area contributed by atoms with Crippen molar-refractivity contribution < 1.29 is 9.47 Å². The molecule has 21 heavy (non-hydrogen) atoms. The van der Waals surface area contributed by atoms with Gasteiger partial charge in [0.1, 0.15) is 11.5 Å². The van der Waals surface area contributed by atoms with Crippen LogP contribution in [0.15, 0.2) is 35.7 Å². The summed E-state index contributed by atoms with van der Waals surface area (Å²) in [6.45, 7) is 0.471. The number of tetrazole rings is 1. The lowest BCUT2D eigenvalue weighted by atomic mass is 10.2. The van der Waals surface area contributed by atoms with Gasteiger partial charge in [-0.1, -0.05) is 6.07 Å². The van der Waals surface area contributed by atoms with E-state index < -0.39 is 0 Å². The van der Waals surface area contributed by atoms with Crippen LogP contribution < -0.4 is 9.47 Å². The Morgan fingerprint density at radius 3 is 2.81 bits per heavy atom. The number of hydrogen-bond donors (Lipinski definition) is 0. The smallest absolute Gasteiger partial charge is 0.214 e. The highest BCUT2D eigenvalue weighted by molar-refractivity contribution is 7.13. The normalized spacial score (nSPS) is 10.6. The Morgan fingerprint density at radius 2 is 2.10 bits per heavy atom. The van der Waals surface area contributed by atoms with Gasteiger partial charge in [-0.2, -0.15) is 4.80 Å². The highest BCUT2D eigenvalue weighted by Crippen LogP contribution is 2.25. The highest BCUT2D eigenvalue weighted by Gasteiger charge is 2.10. The Balaban J connectivity index is 1.86. The maximum atomic E-state index is 5.35. The van der Waals surface area contributed by atoms with Crippen LogP contribution in [0.25, 0.3) is 10.7 Å². The average Bonchev–Trinajstić information content (AvgIpc) is 3.18. The minimum absolute atomic E-state index is 0.471. The molecule has 0 saturated carbocycles. The van der Waals surface area contributed by atoms with E-state index in [1.807, 2.05) is 35.7 Å². The van der Waals surface area contributed by atoms with Gasteiger partial charge in [-0.3, -0.25) is 0 Å². The third-order valence-corrected chi connectivity index (χ3v) is 3.86. The van der Waals surface area contributed by atoms with Gasteiger partial charge in [0.2, 0.25) is 5.82 Å². The standard InChI is InChI=1S/C14H14N4O2S/c1-19-11-5-6-12(20-2)10(8-11)9-18-16-14(15-17-18)13-4-3-7-21-13/h3-8H,9H2,1-2H3. The Labute approximate surface area is 125 Å². The summed E-state index contributed by atoms with van der Waals surface area (Å²) in [7, 11) is 3.27. The summed E-state index contributed by atoms with van der Waals surface area (Å²) in [5.41, 5.74) is 0.937. The van der Waals surface area contributed by atoms with Crippen molar-refractivity contribution in [1.82, 2.24) is 20.2 Å². The van der Waals surface area contributed by atoms with Crippen molar-refractivity contribution in [3.8, 4) is 22.2 Å². The number of benzene rings is 1. The van der Waals surface area contributed by atoms with Gasteiger partial charge >= 0.3 is 0 Å². The zero-order valence-electron chi connectivity index (χ0n) is 11.7. The van der Waals surface area contributed by atoms with Gasteiger partial charge in [0.25, 0.3) is 0 Å². The van der Waals surface area contributed by atoms with E-state index in [4.69, 9.17) is 9.47 Å². The van der Waals surface area contributed by atoms with Crippen LogP contribution in [0.5, 0.6) is 11.5 Å². The van der Waals surface area contributed by atoms with E-state index in [9.17, 15) is 0 Å². The van der Waals surface area contributed by atoms with Gasteiger partial charge in [0.15, 0.2) is 0 Å². The first-order valence-electron chi connectivity index (χ1n) is 6.32. The molecule has 108 valence electrons. The van der Waals surface area contributed by atoms with E-state index in [-0.39, 0.29) is 0 Å². The van der Waals surface area contributed by atoms with Crippen molar-refractivity contribution >= 4 is 11.3 Å². The van der Waals surface area contributed by atoms with Gasteiger partial charge in [0.05, 0.1) is 25.6 Å². The number of thiophene rings is 1. The van der Waals surface area contributed by atoms with E-state index in [0.29, 0.717) is 12.4 Å². The molecule has 0 aliphatic rings. The molecule has 0 N–H and O–H groups in total. The van der Waals surface area contributed by atoms with Gasteiger partial charge < -0.3 is 9.47 Å². The summed E-state index contributed by atoms with van der Waals surface area (Å²) < 4.78 is 10.6. The van der Waals surface area contributed by atoms with Crippen LogP contribution in [0, 0.1) is 0 Å². The molecule has 0 unspecified atom stereocenters. The van der Waals surface area contributed by atoms with E-state index in [2.05, 4.69) is 15.4 Å². The van der Waals surface area contributed by atoms with Crippen molar-refractivity contribution in [3.05, 3.63) is 41.3 Å². The molecule has 0 radical (unpaired) electrons. The van der Waals surface area contributed by atoms with Crippen LogP contribution in [0.3, 0.4) is 0 Å². The lowest BCUT2D eigenvalue weighted by molar-refractivity contribution is 0.395.